The van der Waals surface area contributed by atoms with Crippen molar-refractivity contribution in [1.82, 2.24) is 5.32 Å². The van der Waals surface area contributed by atoms with Gasteiger partial charge in [-0.3, -0.25) is 10.1 Å². The van der Waals surface area contributed by atoms with Gasteiger partial charge in [-0.05, 0) is 18.1 Å². The molecule has 2 aromatic carbocycles. The number of aliphatic hydroxyl groups is 1. The van der Waals surface area contributed by atoms with Gasteiger partial charge in [0, 0.05) is 12.0 Å². The molecule has 0 amide bonds. The van der Waals surface area contributed by atoms with Crippen LogP contribution in [-0.4, -0.2) is 24.2 Å². The Bertz CT molecular complexity index is 615. The van der Waals surface area contributed by atoms with Gasteiger partial charge >= 0.3 is 5.97 Å². The SMILES string of the molecule is CCOC(=O)CN[C@@H](c1ccccc1)[C@@H](C)[C@H](O)c1ccccc1. The summed E-state index contributed by atoms with van der Waals surface area (Å²) in [7, 11) is 0. The van der Waals surface area contributed by atoms with Crippen molar-refractivity contribution in [2.75, 3.05) is 13.2 Å². The van der Waals surface area contributed by atoms with Crippen LogP contribution in [0.1, 0.15) is 37.1 Å². The second-order valence-electron chi connectivity index (χ2n) is 5.79. The van der Waals surface area contributed by atoms with E-state index < -0.39 is 6.10 Å². The van der Waals surface area contributed by atoms with Crippen molar-refractivity contribution >= 4 is 5.97 Å². The predicted octanol–water partition coefficient (Wildman–Crippen LogP) is 3.25. The molecule has 24 heavy (non-hydrogen) atoms. The number of rotatable bonds is 8. The molecule has 0 saturated heterocycles. The second-order valence-corrected chi connectivity index (χ2v) is 5.79. The Morgan fingerprint density at radius 1 is 1.04 bits per heavy atom. The normalized spacial score (nSPS) is 14.6. The van der Waals surface area contributed by atoms with Gasteiger partial charge in [-0.2, -0.15) is 0 Å². The number of carbonyl (C=O) groups is 1. The molecule has 0 unspecified atom stereocenters. The molecular formula is C20H25NO3. The van der Waals surface area contributed by atoms with Crippen molar-refractivity contribution < 1.29 is 14.6 Å². The smallest absolute Gasteiger partial charge is 0.319 e. The Balaban J connectivity index is 2.16. The molecule has 0 aromatic heterocycles. The van der Waals surface area contributed by atoms with Crippen LogP contribution in [0.15, 0.2) is 60.7 Å². The van der Waals surface area contributed by atoms with Crippen molar-refractivity contribution in [3.8, 4) is 0 Å². The maximum Gasteiger partial charge on any atom is 0.319 e. The first-order valence-electron chi connectivity index (χ1n) is 8.30. The number of hydrogen-bond donors (Lipinski definition) is 2. The van der Waals surface area contributed by atoms with Crippen molar-refractivity contribution in [1.29, 1.82) is 0 Å². The molecule has 3 atom stereocenters. The third-order valence-corrected chi connectivity index (χ3v) is 4.10. The minimum atomic E-state index is -0.633. The molecule has 0 bridgehead atoms. The molecular weight excluding hydrogens is 302 g/mol. The lowest BCUT2D eigenvalue weighted by atomic mass is 9.87. The largest absolute Gasteiger partial charge is 0.465 e. The minimum Gasteiger partial charge on any atom is -0.465 e. The average molecular weight is 327 g/mol. The first-order valence-corrected chi connectivity index (χ1v) is 8.30. The van der Waals surface area contributed by atoms with E-state index in [4.69, 9.17) is 4.74 Å². The topological polar surface area (TPSA) is 58.6 Å². The van der Waals surface area contributed by atoms with E-state index in [1.54, 1.807) is 6.92 Å². The first-order chi connectivity index (χ1) is 11.6. The molecule has 0 heterocycles. The van der Waals surface area contributed by atoms with E-state index in [1.165, 1.54) is 0 Å². The molecule has 0 radical (unpaired) electrons. The summed E-state index contributed by atoms with van der Waals surface area (Å²) in [5.41, 5.74) is 1.90. The van der Waals surface area contributed by atoms with Gasteiger partial charge in [-0.15, -0.1) is 0 Å². The summed E-state index contributed by atoms with van der Waals surface area (Å²) in [6, 6.07) is 19.3. The third-order valence-electron chi connectivity index (χ3n) is 4.10. The molecule has 0 saturated carbocycles. The highest BCUT2D eigenvalue weighted by Crippen LogP contribution is 2.32. The van der Waals surface area contributed by atoms with Crippen LogP contribution in [-0.2, 0) is 9.53 Å². The highest BCUT2D eigenvalue weighted by molar-refractivity contribution is 5.71. The number of aliphatic hydroxyl groups excluding tert-OH is 1. The van der Waals surface area contributed by atoms with Crippen molar-refractivity contribution in [3.05, 3.63) is 71.8 Å². The molecule has 4 heteroatoms. The number of carbonyl (C=O) groups excluding carboxylic acids is 1. The lowest BCUT2D eigenvalue weighted by molar-refractivity contribution is -0.142. The van der Waals surface area contributed by atoms with Gasteiger partial charge in [-0.25, -0.2) is 0 Å². The fraction of sp³-hybridized carbons (Fsp3) is 0.350. The van der Waals surface area contributed by atoms with Crippen LogP contribution < -0.4 is 5.32 Å². The van der Waals surface area contributed by atoms with Crippen molar-refractivity contribution in [2.45, 2.75) is 26.0 Å². The zero-order valence-electron chi connectivity index (χ0n) is 14.2. The Morgan fingerprint density at radius 2 is 1.58 bits per heavy atom. The third kappa shape index (κ3) is 4.91. The van der Waals surface area contributed by atoms with Crippen LogP contribution in [0, 0.1) is 5.92 Å². The zero-order chi connectivity index (χ0) is 17.4. The number of hydrogen-bond acceptors (Lipinski definition) is 4. The molecule has 2 aromatic rings. The quantitative estimate of drug-likeness (QED) is 0.731. The fourth-order valence-corrected chi connectivity index (χ4v) is 2.81. The van der Waals surface area contributed by atoms with Crippen molar-refractivity contribution in [2.24, 2.45) is 5.92 Å². The molecule has 2 rings (SSSR count). The summed E-state index contributed by atoms with van der Waals surface area (Å²) < 4.78 is 4.99. The summed E-state index contributed by atoms with van der Waals surface area (Å²) >= 11 is 0. The Morgan fingerprint density at radius 3 is 2.12 bits per heavy atom. The standard InChI is InChI=1S/C20H25NO3/c1-3-24-18(22)14-21-19(16-10-6-4-7-11-16)15(2)20(23)17-12-8-5-9-13-17/h4-13,15,19-21,23H,3,14H2,1-2H3/t15-,19-,20+/m1/s1. The maximum atomic E-state index is 11.7. The van der Waals surface area contributed by atoms with E-state index in [0.717, 1.165) is 11.1 Å². The molecule has 0 spiro atoms. The van der Waals surface area contributed by atoms with E-state index in [9.17, 15) is 9.90 Å². The van der Waals surface area contributed by atoms with E-state index in [0.29, 0.717) is 6.61 Å². The van der Waals surface area contributed by atoms with Crippen LogP contribution in [0.2, 0.25) is 0 Å². The van der Waals surface area contributed by atoms with E-state index in [-0.39, 0.29) is 24.5 Å². The van der Waals surface area contributed by atoms with Gasteiger partial charge in [0.25, 0.3) is 0 Å². The highest BCUT2D eigenvalue weighted by atomic mass is 16.5. The van der Waals surface area contributed by atoms with Crippen molar-refractivity contribution in [3.63, 3.8) is 0 Å². The summed E-state index contributed by atoms with van der Waals surface area (Å²) in [6.07, 6.45) is -0.633. The summed E-state index contributed by atoms with van der Waals surface area (Å²) in [5, 5.41) is 14.0. The molecule has 0 aliphatic carbocycles. The zero-order valence-corrected chi connectivity index (χ0v) is 14.2. The number of benzene rings is 2. The monoisotopic (exact) mass is 327 g/mol. The molecule has 0 aliphatic rings. The van der Waals surface area contributed by atoms with Gasteiger partial charge in [0.1, 0.15) is 0 Å². The fourth-order valence-electron chi connectivity index (χ4n) is 2.81. The first kappa shape index (κ1) is 18.2. The minimum absolute atomic E-state index is 0.110. The lowest BCUT2D eigenvalue weighted by Crippen LogP contribution is -2.34. The predicted molar refractivity (Wildman–Crippen MR) is 94.4 cm³/mol. The van der Waals surface area contributed by atoms with Gasteiger partial charge < -0.3 is 9.84 Å². The Labute approximate surface area is 143 Å². The Hall–Kier alpha value is -2.17. The molecule has 128 valence electrons. The van der Waals surface area contributed by atoms with E-state index >= 15 is 0 Å². The summed E-state index contributed by atoms with van der Waals surface area (Å²) in [4.78, 5) is 11.7. The summed E-state index contributed by atoms with van der Waals surface area (Å²) in [6.45, 7) is 4.24. The Kier molecular flexibility index (Phi) is 6.97. The number of ether oxygens (including phenoxy) is 1. The van der Waals surface area contributed by atoms with E-state index in [1.807, 2.05) is 67.6 Å². The van der Waals surface area contributed by atoms with Crippen LogP contribution in [0.5, 0.6) is 0 Å². The summed E-state index contributed by atoms with van der Waals surface area (Å²) in [5.74, 6) is -0.413. The van der Waals surface area contributed by atoms with Crippen LogP contribution in [0.4, 0.5) is 0 Å². The highest BCUT2D eigenvalue weighted by Gasteiger charge is 2.27. The number of esters is 1. The van der Waals surface area contributed by atoms with Crippen LogP contribution in [0.3, 0.4) is 0 Å². The second kappa shape index (κ2) is 9.21. The van der Waals surface area contributed by atoms with Gasteiger partial charge in [0.2, 0.25) is 0 Å². The van der Waals surface area contributed by atoms with Gasteiger partial charge in [0.15, 0.2) is 0 Å². The molecule has 2 N–H and O–H groups in total. The van der Waals surface area contributed by atoms with Crippen LogP contribution in [0.25, 0.3) is 0 Å². The maximum absolute atomic E-state index is 11.7. The molecule has 4 nitrogen and oxygen atoms in total. The van der Waals surface area contributed by atoms with Gasteiger partial charge in [-0.1, -0.05) is 67.6 Å². The van der Waals surface area contributed by atoms with E-state index in [2.05, 4.69) is 5.32 Å². The lowest BCUT2D eigenvalue weighted by Gasteiger charge is -2.29. The molecule has 0 fully saturated rings. The average Bonchev–Trinajstić information content (AvgIpc) is 2.63. The van der Waals surface area contributed by atoms with Crippen LogP contribution >= 0.6 is 0 Å². The van der Waals surface area contributed by atoms with Gasteiger partial charge in [0.05, 0.1) is 19.3 Å². The molecule has 0 aliphatic heterocycles. The number of nitrogens with one attached hydrogen (secondary N) is 1.